The summed E-state index contributed by atoms with van der Waals surface area (Å²) in [6, 6.07) is 5.63. The van der Waals surface area contributed by atoms with Gasteiger partial charge in [-0.15, -0.1) is 0 Å². The van der Waals surface area contributed by atoms with Gasteiger partial charge in [0.05, 0.1) is 6.54 Å². The van der Waals surface area contributed by atoms with Gasteiger partial charge in [0.2, 0.25) is 0 Å². The number of carbonyl (C=O) groups is 1. The monoisotopic (exact) mass is 309 g/mol. The van der Waals surface area contributed by atoms with Crippen LogP contribution in [-0.4, -0.2) is 15.6 Å². The molecule has 4 nitrogen and oxygen atoms in total. The Hall–Kier alpha value is -2.14. The number of halogens is 2. The lowest BCUT2D eigenvalue weighted by Crippen LogP contribution is -2.29. The first kappa shape index (κ1) is 15.3. The minimum atomic E-state index is -1.29. The van der Waals surface area contributed by atoms with Crippen LogP contribution in [0.5, 0.6) is 0 Å². The normalized spacial score (nSPS) is 10.7. The van der Waals surface area contributed by atoms with E-state index >= 15 is 0 Å². The molecule has 1 aromatic carbocycles. The number of aromatic nitrogens is 1. The molecule has 1 N–H and O–H groups in total. The van der Waals surface area contributed by atoms with Crippen molar-refractivity contribution in [1.82, 2.24) is 4.57 Å². The molecule has 0 aliphatic heterocycles. The van der Waals surface area contributed by atoms with E-state index in [0.717, 1.165) is 0 Å². The summed E-state index contributed by atoms with van der Waals surface area (Å²) >= 11 is 5.82. The maximum absolute atomic E-state index is 13.8. The zero-order valence-electron chi connectivity index (χ0n) is 11.5. The van der Waals surface area contributed by atoms with Crippen LogP contribution in [-0.2, 0) is 6.54 Å². The highest BCUT2D eigenvalue weighted by Crippen LogP contribution is 2.17. The quantitative estimate of drug-likeness (QED) is 0.948. The minimum absolute atomic E-state index is 0.0718. The highest BCUT2D eigenvalue weighted by Gasteiger charge is 2.17. The Balaban J connectivity index is 2.60. The highest BCUT2D eigenvalue weighted by atomic mass is 35.5. The number of aryl methyl sites for hydroxylation is 2. The topological polar surface area (TPSA) is 59.3 Å². The molecule has 0 aliphatic carbocycles. The Morgan fingerprint density at radius 1 is 1.33 bits per heavy atom. The second-order valence-electron chi connectivity index (χ2n) is 4.78. The average Bonchev–Trinajstić information content (AvgIpc) is 2.37. The van der Waals surface area contributed by atoms with Gasteiger partial charge in [0.25, 0.3) is 5.56 Å². The Morgan fingerprint density at radius 2 is 2.00 bits per heavy atom. The smallest absolute Gasteiger partial charge is 0.341 e. The van der Waals surface area contributed by atoms with E-state index in [1.807, 2.05) is 0 Å². The zero-order valence-corrected chi connectivity index (χ0v) is 12.2. The van der Waals surface area contributed by atoms with Crippen LogP contribution in [0.3, 0.4) is 0 Å². The SMILES string of the molecule is Cc1cc(C)n(Cc2cc(Cl)ccc2F)c(=O)c1C(=O)O. The third-order valence-corrected chi connectivity index (χ3v) is 3.49. The third kappa shape index (κ3) is 2.97. The number of nitrogens with zero attached hydrogens (tertiary/aromatic N) is 1. The number of pyridine rings is 1. The molecule has 0 aliphatic rings. The lowest BCUT2D eigenvalue weighted by atomic mass is 10.1. The Labute approximate surface area is 125 Å². The van der Waals surface area contributed by atoms with Crippen molar-refractivity contribution in [2.75, 3.05) is 0 Å². The molecule has 1 aromatic heterocycles. The van der Waals surface area contributed by atoms with Crippen molar-refractivity contribution in [2.45, 2.75) is 20.4 Å². The molecule has 0 radical (unpaired) electrons. The van der Waals surface area contributed by atoms with Gasteiger partial charge in [0.1, 0.15) is 11.4 Å². The lowest BCUT2D eigenvalue weighted by molar-refractivity contribution is 0.0693. The lowest BCUT2D eigenvalue weighted by Gasteiger charge is -2.13. The number of aromatic carboxylic acids is 1. The molecule has 1 heterocycles. The first-order valence-electron chi connectivity index (χ1n) is 6.19. The van der Waals surface area contributed by atoms with Crippen LogP contribution in [0.25, 0.3) is 0 Å². The molecule has 2 rings (SSSR count). The minimum Gasteiger partial charge on any atom is -0.477 e. The van der Waals surface area contributed by atoms with Gasteiger partial charge in [0, 0.05) is 16.3 Å². The van der Waals surface area contributed by atoms with Crippen LogP contribution in [0.2, 0.25) is 5.02 Å². The Bertz CT molecular complexity index is 783. The van der Waals surface area contributed by atoms with E-state index in [2.05, 4.69) is 0 Å². The summed E-state index contributed by atoms with van der Waals surface area (Å²) in [6.45, 7) is 3.16. The van der Waals surface area contributed by atoms with Gasteiger partial charge < -0.3 is 9.67 Å². The second-order valence-corrected chi connectivity index (χ2v) is 5.21. The van der Waals surface area contributed by atoms with Crippen molar-refractivity contribution in [3.05, 3.63) is 67.8 Å². The van der Waals surface area contributed by atoms with Gasteiger partial charge in [-0.05, 0) is 43.7 Å². The van der Waals surface area contributed by atoms with Crippen LogP contribution >= 0.6 is 11.6 Å². The Morgan fingerprint density at radius 3 is 2.62 bits per heavy atom. The molecule has 0 atom stereocenters. The van der Waals surface area contributed by atoms with Crippen LogP contribution in [0.4, 0.5) is 4.39 Å². The van der Waals surface area contributed by atoms with E-state index in [1.54, 1.807) is 19.9 Å². The molecule has 0 saturated heterocycles. The first-order chi connectivity index (χ1) is 9.81. The molecular weight excluding hydrogens is 297 g/mol. The summed E-state index contributed by atoms with van der Waals surface area (Å²) in [4.78, 5) is 23.5. The number of benzene rings is 1. The van der Waals surface area contributed by atoms with Crippen LogP contribution < -0.4 is 5.56 Å². The number of carboxylic acids is 1. The molecule has 21 heavy (non-hydrogen) atoms. The van der Waals surface area contributed by atoms with E-state index in [9.17, 15) is 14.0 Å². The summed E-state index contributed by atoms with van der Waals surface area (Å²) < 4.78 is 15.0. The fraction of sp³-hybridized carbons (Fsp3) is 0.200. The standard InChI is InChI=1S/C15H13ClFNO3/c1-8-5-9(2)18(14(19)13(8)15(20)21)7-10-6-11(16)3-4-12(10)17/h3-6H,7H2,1-2H3,(H,20,21). The fourth-order valence-electron chi connectivity index (χ4n) is 2.22. The van der Waals surface area contributed by atoms with Crippen molar-refractivity contribution < 1.29 is 14.3 Å². The predicted molar refractivity (Wildman–Crippen MR) is 77.6 cm³/mol. The van der Waals surface area contributed by atoms with Crippen molar-refractivity contribution >= 4 is 17.6 Å². The predicted octanol–water partition coefficient (Wildman–Crippen LogP) is 3.00. The molecule has 0 amide bonds. The molecule has 2 aromatic rings. The summed E-state index contributed by atoms with van der Waals surface area (Å²) in [5.74, 6) is -1.79. The van der Waals surface area contributed by atoms with E-state index in [0.29, 0.717) is 16.3 Å². The summed E-state index contributed by atoms with van der Waals surface area (Å²) in [5, 5.41) is 9.47. The summed E-state index contributed by atoms with van der Waals surface area (Å²) in [5.41, 5.74) is 0.213. The molecule has 6 heteroatoms. The van der Waals surface area contributed by atoms with Crippen molar-refractivity contribution in [3.8, 4) is 0 Å². The van der Waals surface area contributed by atoms with Crippen LogP contribution in [0.15, 0.2) is 29.1 Å². The number of hydrogen-bond donors (Lipinski definition) is 1. The van der Waals surface area contributed by atoms with Crippen molar-refractivity contribution in [3.63, 3.8) is 0 Å². The zero-order chi connectivity index (χ0) is 15.7. The Kier molecular flexibility index (Phi) is 4.14. The van der Waals surface area contributed by atoms with Gasteiger partial charge in [-0.1, -0.05) is 11.6 Å². The molecule has 0 unspecified atom stereocenters. The maximum atomic E-state index is 13.8. The summed E-state index contributed by atoms with van der Waals surface area (Å²) in [7, 11) is 0. The van der Waals surface area contributed by atoms with Crippen molar-refractivity contribution in [1.29, 1.82) is 0 Å². The van der Waals surface area contributed by atoms with Crippen molar-refractivity contribution in [2.24, 2.45) is 0 Å². The second kappa shape index (κ2) is 5.69. The number of carboxylic acid groups (broad SMARTS) is 1. The molecule has 0 bridgehead atoms. The van der Waals surface area contributed by atoms with Gasteiger partial charge in [-0.2, -0.15) is 0 Å². The van der Waals surface area contributed by atoms with E-state index in [-0.39, 0.29) is 17.7 Å². The number of rotatable bonds is 3. The van der Waals surface area contributed by atoms with Gasteiger partial charge in [0.15, 0.2) is 0 Å². The van der Waals surface area contributed by atoms with E-state index in [4.69, 9.17) is 16.7 Å². The number of hydrogen-bond acceptors (Lipinski definition) is 2. The maximum Gasteiger partial charge on any atom is 0.341 e. The van der Waals surface area contributed by atoms with E-state index < -0.39 is 17.3 Å². The van der Waals surface area contributed by atoms with E-state index in [1.165, 1.54) is 22.8 Å². The van der Waals surface area contributed by atoms with Crippen LogP contribution in [0.1, 0.15) is 27.2 Å². The summed E-state index contributed by atoms with van der Waals surface area (Å²) in [6.07, 6.45) is 0. The fourth-order valence-corrected chi connectivity index (χ4v) is 2.41. The molecule has 0 spiro atoms. The average molecular weight is 310 g/mol. The molecule has 110 valence electrons. The first-order valence-corrected chi connectivity index (χ1v) is 6.57. The van der Waals surface area contributed by atoms with Gasteiger partial charge >= 0.3 is 5.97 Å². The highest BCUT2D eigenvalue weighted by molar-refractivity contribution is 6.30. The molecule has 0 saturated carbocycles. The molecular formula is C15H13ClFNO3. The van der Waals surface area contributed by atoms with Crippen LogP contribution in [0, 0.1) is 19.7 Å². The largest absolute Gasteiger partial charge is 0.477 e. The molecule has 0 fully saturated rings. The van der Waals surface area contributed by atoms with Gasteiger partial charge in [-0.3, -0.25) is 4.79 Å². The third-order valence-electron chi connectivity index (χ3n) is 3.25. The van der Waals surface area contributed by atoms with Gasteiger partial charge in [-0.25, -0.2) is 9.18 Å².